The van der Waals surface area contributed by atoms with E-state index >= 15 is 0 Å². The summed E-state index contributed by atoms with van der Waals surface area (Å²) in [6.07, 6.45) is 16.1. The first-order valence-corrected chi connectivity index (χ1v) is 9.37. The van der Waals surface area contributed by atoms with Crippen LogP contribution in [0.4, 0.5) is 0 Å². The first-order chi connectivity index (χ1) is 10.7. The van der Waals surface area contributed by atoms with E-state index in [9.17, 15) is 5.21 Å². The van der Waals surface area contributed by atoms with Gasteiger partial charge in [0.25, 0.3) is 0 Å². The van der Waals surface area contributed by atoms with Crippen LogP contribution < -0.4 is 5.48 Å². The lowest BCUT2D eigenvalue weighted by molar-refractivity contribution is 0.0210. The Morgan fingerprint density at radius 1 is 0.636 bits per heavy atom. The lowest BCUT2D eigenvalue weighted by atomic mass is 9.86. The molecule has 0 aromatic heterocycles. The van der Waals surface area contributed by atoms with E-state index in [1.165, 1.54) is 57.8 Å². The summed E-state index contributed by atoms with van der Waals surface area (Å²) < 4.78 is 0. The molecule has 0 saturated carbocycles. The average molecular weight is 318 g/mol. The molecule has 0 aromatic carbocycles. The smallest absolute Gasteiger partial charge is 0.0473 e. The Morgan fingerprint density at radius 3 is 1.41 bits per heavy atom. The molecule has 4 nitrogen and oxygen atoms in total. The van der Waals surface area contributed by atoms with Crippen molar-refractivity contribution >= 4 is 0 Å². The fourth-order valence-corrected chi connectivity index (χ4v) is 3.10. The van der Waals surface area contributed by atoms with Gasteiger partial charge in [0.1, 0.15) is 0 Å². The van der Waals surface area contributed by atoms with Gasteiger partial charge in [-0.1, -0.05) is 77.6 Å². The second-order valence-corrected chi connectivity index (χ2v) is 6.62. The fourth-order valence-electron chi connectivity index (χ4n) is 3.10. The molecule has 0 heterocycles. The van der Waals surface area contributed by atoms with Gasteiger partial charge in [0.05, 0.1) is 0 Å². The maximum Gasteiger partial charge on any atom is 0.0473 e. The highest BCUT2D eigenvalue weighted by molar-refractivity contribution is 4.84. The van der Waals surface area contributed by atoms with E-state index in [0.717, 1.165) is 19.3 Å². The maximum atomic E-state index is 9.33. The maximum absolute atomic E-state index is 9.33. The number of aliphatic hydroxyl groups is 2. The number of unbranched alkanes of at least 4 members (excludes halogenated alkanes) is 10. The van der Waals surface area contributed by atoms with Crippen molar-refractivity contribution in [2.75, 3.05) is 13.2 Å². The van der Waals surface area contributed by atoms with E-state index in [1.54, 1.807) is 0 Å². The monoisotopic (exact) mass is 317 g/mol. The highest BCUT2D eigenvalue weighted by atomic mass is 16.5. The van der Waals surface area contributed by atoms with Crippen LogP contribution in [-0.4, -0.2) is 34.2 Å². The largest absolute Gasteiger partial charge is 0.396 e. The predicted octanol–water partition coefficient (Wildman–Crippen LogP) is 4.17. The minimum atomic E-state index is -0.511. The topological polar surface area (TPSA) is 72.7 Å². The summed E-state index contributed by atoms with van der Waals surface area (Å²) >= 11 is 0. The van der Waals surface area contributed by atoms with Gasteiger partial charge in [-0.3, -0.25) is 0 Å². The predicted molar refractivity (Wildman–Crippen MR) is 92.1 cm³/mol. The van der Waals surface area contributed by atoms with E-state index in [2.05, 4.69) is 12.4 Å². The molecular formula is C18H39NO3. The molecule has 0 amide bonds. The molecule has 0 aliphatic heterocycles. The van der Waals surface area contributed by atoms with E-state index in [1.807, 2.05) is 0 Å². The van der Waals surface area contributed by atoms with Gasteiger partial charge in [0.2, 0.25) is 0 Å². The number of hydrogen-bond donors (Lipinski definition) is 4. The van der Waals surface area contributed by atoms with Gasteiger partial charge in [-0.2, -0.15) is 5.48 Å². The quantitative estimate of drug-likeness (QED) is 0.240. The van der Waals surface area contributed by atoms with Gasteiger partial charge in [0.15, 0.2) is 0 Å². The zero-order valence-electron chi connectivity index (χ0n) is 14.7. The normalized spacial score (nSPS) is 12.0. The number of nitrogens with one attached hydrogen (secondary N) is 1. The molecule has 0 bridgehead atoms. The lowest BCUT2D eigenvalue weighted by Gasteiger charge is -2.31. The molecule has 4 heteroatoms. The highest BCUT2D eigenvalue weighted by Crippen LogP contribution is 2.23. The molecule has 0 aliphatic rings. The van der Waals surface area contributed by atoms with Crippen molar-refractivity contribution in [2.24, 2.45) is 0 Å². The van der Waals surface area contributed by atoms with Crippen molar-refractivity contribution in [3.05, 3.63) is 0 Å². The Labute approximate surface area is 137 Å². The summed E-state index contributed by atoms with van der Waals surface area (Å²) in [5, 5.41) is 27.5. The molecule has 4 N–H and O–H groups in total. The molecular weight excluding hydrogens is 278 g/mol. The molecule has 0 spiro atoms. The molecule has 0 saturated heterocycles. The van der Waals surface area contributed by atoms with Crippen LogP contribution in [0.2, 0.25) is 0 Å². The van der Waals surface area contributed by atoms with Gasteiger partial charge in [0, 0.05) is 18.8 Å². The summed E-state index contributed by atoms with van der Waals surface area (Å²) in [5.74, 6) is 0. The van der Waals surface area contributed by atoms with Crippen LogP contribution in [0.15, 0.2) is 0 Å². The Bertz CT molecular complexity index is 218. The first-order valence-electron chi connectivity index (χ1n) is 9.37. The van der Waals surface area contributed by atoms with Crippen LogP contribution in [0.25, 0.3) is 0 Å². The number of rotatable bonds is 17. The zero-order chi connectivity index (χ0) is 16.5. The molecule has 134 valence electrons. The van der Waals surface area contributed by atoms with Crippen LogP contribution >= 0.6 is 0 Å². The lowest BCUT2D eigenvalue weighted by Crippen LogP contribution is -2.45. The second-order valence-electron chi connectivity index (χ2n) is 6.62. The van der Waals surface area contributed by atoms with Gasteiger partial charge in [-0.05, 0) is 19.3 Å². The Balaban J connectivity index is 3.53. The van der Waals surface area contributed by atoms with Gasteiger partial charge in [-0.15, -0.1) is 0 Å². The second kappa shape index (κ2) is 15.7. The van der Waals surface area contributed by atoms with Crippen LogP contribution in [0.3, 0.4) is 0 Å². The highest BCUT2D eigenvalue weighted by Gasteiger charge is 2.27. The summed E-state index contributed by atoms with van der Waals surface area (Å²) in [6.45, 7) is 2.32. The first kappa shape index (κ1) is 21.8. The minimum absolute atomic E-state index is 0.0333. The van der Waals surface area contributed by atoms with Crippen LogP contribution in [0.1, 0.15) is 96.8 Å². The third kappa shape index (κ3) is 11.4. The molecule has 0 unspecified atom stereocenters. The third-order valence-electron chi connectivity index (χ3n) is 4.68. The molecule has 0 aromatic rings. The molecule has 22 heavy (non-hydrogen) atoms. The molecule has 0 radical (unpaired) electrons. The molecule has 0 rings (SSSR count). The van der Waals surface area contributed by atoms with Crippen molar-refractivity contribution in [2.45, 2.75) is 102 Å². The van der Waals surface area contributed by atoms with E-state index in [0.29, 0.717) is 12.8 Å². The number of hydroxylamine groups is 1. The number of aliphatic hydroxyl groups excluding tert-OH is 2. The summed E-state index contributed by atoms with van der Waals surface area (Å²) in [6, 6.07) is 0. The third-order valence-corrected chi connectivity index (χ3v) is 4.68. The molecule has 0 fully saturated rings. The Hall–Kier alpha value is -0.160. The van der Waals surface area contributed by atoms with Crippen molar-refractivity contribution in [3.63, 3.8) is 0 Å². The summed E-state index contributed by atoms with van der Waals surface area (Å²) in [4.78, 5) is 0. The number of hydrogen-bond acceptors (Lipinski definition) is 4. The Kier molecular flexibility index (Phi) is 15.6. The average Bonchev–Trinajstić information content (AvgIpc) is 2.53. The zero-order valence-corrected chi connectivity index (χ0v) is 14.7. The molecule has 0 atom stereocenters. The van der Waals surface area contributed by atoms with Crippen molar-refractivity contribution < 1.29 is 15.4 Å². The van der Waals surface area contributed by atoms with Gasteiger partial charge < -0.3 is 15.4 Å². The minimum Gasteiger partial charge on any atom is -0.396 e. The Morgan fingerprint density at radius 2 is 1.05 bits per heavy atom. The van der Waals surface area contributed by atoms with Crippen LogP contribution in [-0.2, 0) is 0 Å². The van der Waals surface area contributed by atoms with Crippen molar-refractivity contribution in [1.29, 1.82) is 0 Å². The van der Waals surface area contributed by atoms with E-state index < -0.39 is 5.54 Å². The van der Waals surface area contributed by atoms with Crippen LogP contribution in [0.5, 0.6) is 0 Å². The SMILES string of the molecule is CCCCCCCCCCCCCC(CCO)(CCO)NO. The summed E-state index contributed by atoms with van der Waals surface area (Å²) in [5.41, 5.74) is 1.82. The van der Waals surface area contributed by atoms with Crippen molar-refractivity contribution in [1.82, 2.24) is 5.48 Å². The van der Waals surface area contributed by atoms with Gasteiger partial charge in [-0.25, -0.2) is 0 Å². The fraction of sp³-hybridized carbons (Fsp3) is 1.00. The standard InChI is InChI=1S/C18H39NO3/c1-2-3-4-5-6-7-8-9-10-11-12-13-18(19-22,14-16-20)15-17-21/h19-22H,2-17H2,1H3. The van der Waals surface area contributed by atoms with Crippen LogP contribution in [0, 0.1) is 0 Å². The van der Waals surface area contributed by atoms with E-state index in [4.69, 9.17) is 10.2 Å². The summed E-state index contributed by atoms with van der Waals surface area (Å²) in [7, 11) is 0. The van der Waals surface area contributed by atoms with Gasteiger partial charge >= 0.3 is 0 Å². The molecule has 0 aliphatic carbocycles. The van der Waals surface area contributed by atoms with Crippen molar-refractivity contribution in [3.8, 4) is 0 Å². The van der Waals surface area contributed by atoms with E-state index in [-0.39, 0.29) is 13.2 Å².